The van der Waals surface area contributed by atoms with Crippen molar-refractivity contribution in [3.05, 3.63) is 0 Å². The summed E-state index contributed by atoms with van der Waals surface area (Å²) in [5, 5.41) is 9.28. The number of carbonyl (C=O) groups is 1. The molecule has 0 spiro atoms. The zero-order chi connectivity index (χ0) is 9.05. The van der Waals surface area contributed by atoms with Crippen LogP contribution >= 0.6 is 17.0 Å². The highest BCUT2D eigenvalue weighted by atomic mass is 79.9. The van der Waals surface area contributed by atoms with Gasteiger partial charge in [-0.15, -0.1) is 17.0 Å². The van der Waals surface area contributed by atoms with E-state index in [-0.39, 0.29) is 22.4 Å². The molecule has 4 saturated carbocycles. The molecule has 0 unspecified atom stereocenters. The summed E-state index contributed by atoms with van der Waals surface area (Å²) >= 11 is 0. The van der Waals surface area contributed by atoms with E-state index in [1.165, 1.54) is 19.3 Å². The fourth-order valence-electron chi connectivity index (χ4n) is 4.37. The van der Waals surface area contributed by atoms with E-state index < -0.39 is 5.97 Å². The summed E-state index contributed by atoms with van der Waals surface area (Å²) in [4.78, 5) is 11.3. The summed E-state index contributed by atoms with van der Waals surface area (Å²) in [6, 6.07) is 0. The summed E-state index contributed by atoms with van der Waals surface area (Å²) in [5.41, 5.74) is -0.283. The molecule has 14 heavy (non-hydrogen) atoms. The van der Waals surface area contributed by atoms with Crippen LogP contribution in [0, 0.1) is 23.2 Å². The van der Waals surface area contributed by atoms with Crippen molar-refractivity contribution in [2.45, 2.75) is 38.5 Å². The first-order chi connectivity index (χ1) is 6.18. The van der Waals surface area contributed by atoms with Crippen molar-refractivity contribution in [1.29, 1.82) is 0 Å². The van der Waals surface area contributed by atoms with Crippen LogP contribution in [0.3, 0.4) is 0 Å². The topological polar surface area (TPSA) is 37.3 Å². The summed E-state index contributed by atoms with van der Waals surface area (Å²) in [6.07, 6.45) is 6.92. The van der Waals surface area contributed by atoms with Gasteiger partial charge in [0.2, 0.25) is 0 Å². The first-order valence-corrected chi connectivity index (χ1v) is 5.41. The number of carboxylic acid groups (broad SMARTS) is 1. The molecule has 4 aliphatic rings. The molecule has 1 N–H and O–H groups in total. The second-order valence-electron chi connectivity index (χ2n) is 5.50. The Labute approximate surface area is 94.8 Å². The Morgan fingerprint density at radius 3 is 1.64 bits per heavy atom. The van der Waals surface area contributed by atoms with E-state index in [0.29, 0.717) is 0 Å². The zero-order valence-corrected chi connectivity index (χ0v) is 9.95. The molecule has 2 nitrogen and oxygen atoms in total. The van der Waals surface area contributed by atoms with Crippen molar-refractivity contribution in [1.82, 2.24) is 0 Å². The largest absolute Gasteiger partial charge is 0.481 e. The van der Waals surface area contributed by atoms with Crippen LogP contribution in [-0.2, 0) is 4.79 Å². The van der Waals surface area contributed by atoms with E-state index in [0.717, 1.165) is 37.0 Å². The lowest BCUT2D eigenvalue weighted by Crippen LogP contribution is -2.49. The van der Waals surface area contributed by atoms with Gasteiger partial charge in [-0.1, -0.05) is 0 Å². The maximum absolute atomic E-state index is 11.3. The van der Waals surface area contributed by atoms with Crippen molar-refractivity contribution in [2.75, 3.05) is 0 Å². The molecular weight excluding hydrogens is 244 g/mol. The lowest BCUT2D eigenvalue weighted by molar-refractivity contribution is -0.164. The first kappa shape index (κ1) is 10.5. The van der Waals surface area contributed by atoms with Gasteiger partial charge in [-0.25, -0.2) is 0 Å². The lowest BCUT2D eigenvalue weighted by Gasteiger charge is -2.54. The van der Waals surface area contributed by atoms with Crippen LogP contribution in [0.5, 0.6) is 0 Å². The minimum Gasteiger partial charge on any atom is -0.481 e. The molecule has 4 rings (SSSR count). The third-order valence-corrected chi connectivity index (χ3v) is 4.49. The van der Waals surface area contributed by atoms with Crippen LogP contribution in [0.4, 0.5) is 0 Å². The Morgan fingerprint density at radius 2 is 1.36 bits per heavy atom. The van der Waals surface area contributed by atoms with E-state index in [4.69, 9.17) is 0 Å². The van der Waals surface area contributed by atoms with Crippen LogP contribution < -0.4 is 0 Å². The fraction of sp³-hybridized carbons (Fsp3) is 0.909. The minimum atomic E-state index is -0.508. The van der Waals surface area contributed by atoms with Crippen LogP contribution in [0.15, 0.2) is 0 Å². The summed E-state index contributed by atoms with van der Waals surface area (Å²) < 4.78 is 0. The molecule has 0 radical (unpaired) electrons. The molecule has 0 amide bonds. The molecule has 0 saturated heterocycles. The number of hydrogen-bond donors (Lipinski definition) is 1. The van der Waals surface area contributed by atoms with Crippen LogP contribution in [0.1, 0.15) is 38.5 Å². The quantitative estimate of drug-likeness (QED) is 0.788. The third kappa shape index (κ3) is 1.32. The summed E-state index contributed by atoms with van der Waals surface area (Å²) in [6.45, 7) is 0. The molecule has 0 aliphatic heterocycles. The predicted octanol–water partition coefficient (Wildman–Crippen LogP) is 2.87. The van der Waals surface area contributed by atoms with Gasteiger partial charge in [0.25, 0.3) is 0 Å². The molecular formula is C11H17BrO2. The van der Waals surface area contributed by atoms with E-state index in [9.17, 15) is 9.90 Å². The monoisotopic (exact) mass is 260 g/mol. The average Bonchev–Trinajstić information content (AvgIpc) is 2.00. The van der Waals surface area contributed by atoms with Crippen molar-refractivity contribution in [3.8, 4) is 0 Å². The molecule has 80 valence electrons. The van der Waals surface area contributed by atoms with Gasteiger partial charge in [0.15, 0.2) is 0 Å². The summed E-state index contributed by atoms with van der Waals surface area (Å²) in [7, 11) is 0. The highest BCUT2D eigenvalue weighted by Gasteiger charge is 2.54. The number of hydrogen-bond acceptors (Lipinski definition) is 1. The Hall–Kier alpha value is -0.0500. The highest BCUT2D eigenvalue weighted by Crippen LogP contribution is 2.59. The van der Waals surface area contributed by atoms with Gasteiger partial charge in [-0.2, -0.15) is 0 Å². The molecule has 4 bridgehead atoms. The standard InChI is InChI=1S/C11H16O2.BrH/c12-10(13)11-4-7-1-8(5-11)3-9(2-7)6-11;/h7-9H,1-6H2,(H,12,13);1H. The van der Waals surface area contributed by atoms with Gasteiger partial charge in [0.1, 0.15) is 0 Å². The molecule has 0 aromatic rings. The van der Waals surface area contributed by atoms with Crippen molar-refractivity contribution in [3.63, 3.8) is 0 Å². The van der Waals surface area contributed by atoms with E-state index in [2.05, 4.69) is 0 Å². The Bertz CT molecular complexity index is 227. The number of carboxylic acids is 1. The maximum Gasteiger partial charge on any atom is 0.309 e. The smallest absolute Gasteiger partial charge is 0.309 e. The Kier molecular flexibility index (Phi) is 2.41. The fourth-order valence-corrected chi connectivity index (χ4v) is 4.37. The molecule has 0 aromatic carbocycles. The molecule has 3 heteroatoms. The first-order valence-electron chi connectivity index (χ1n) is 5.41. The van der Waals surface area contributed by atoms with Gasteiger partial charge in [-0.05, 0) is 56.3 Å². The highest BCUT2D eigenvalue weighted by molar-refractivity contribution is 8.93. The molecule has 0 atom stereocenters. The molecule has 0 aromatic heterocycles. The second kappa shape index (κ2) is 3.22. The van der Waals surface area contributed by atoms with E-state index in [1.54, 1.807) is 0 Å². The van der Waals surface area contributed by atoms with Crippen LogP contribution in [0.25, 0.3) is 0 Å². The van der Waals surface area contributed by atoms with Gasteiger partial charge >= 0.3 is 5.97 Å². The van der Waals surface area contributed by atoms with Gasteiger partial charge < -0.3 is 5.11 Å². The van der Waals surface area contributed by atoms with Gasteiger partial charge in [0, 0.05) is 0 Å². The van der Waals surface area contributed by atoms with E-state index in [1.807, 2.05) is 0 Å². The average molecular weight is 261 g/mol. The van der Waals surface area contributed by atoms with Crippen LogP contribution in [0.2, 0.25) is 0 Å². The number of halogens is 1. The van der Waals surface area contributed by atoms with Crippen molar-refractivity contribution >= 4 is 23.0 Å². The van der Waals surface area contributed by atoms with Gasteiger partial charge in [-0.3, -0.25) is 4.79 Å². The predicted molar refractivity (Wildman–Crippen MR) is 58.6 cm³/mol. The third-order valence-electron chi connectivity index (χ3n) is 4.49. The number of aliphatic carboxylic acids is 1. The Balaban J connectivity index is 0.000000750. The lowest BCUT2D eigenvalue weighted by atomic mass is 9.49. The maximum atomic E-state index is 11.3. The molecule has 4 aliphatic carbocycles. The minimum absolute atomic E-state index is 0. The molecule has 0 heterocycles. The van der Waals surface area contributed by atoms with Crippen LogP contribution in [-0.4, -0.2) is 11.1 Å². The SMILES string of the molecule is Br.O=C(O)C12CC3CC(CC(C3)C1)C2. The summed E-state index contributed by atoms with van der Waals surface area (Å²) in [5.74, 6) is 1.75. The van der Waals surface area contributed by atoms with Crippen molar-refractivity contribution < 1.29 is 9.90 Å². The van der Waals surface area contributed by atoms with Gasteiger partial charge in [0.05, 0.1) is 5.41 Å². The zero-order valence-electron chi connectivity index (χ0n) is 8.24. The normalized spacial score (nSPS) is 48.7. The number of rotatable bonds is 1. The second-order valence-corrected chi connectivity index (χ2v) is 5.50. The van der Waals surface area contributed by atoms with Crippen molar-refractivity contribution in [2.24, 2.45) is 23.2 Å². The Morgan fingerprint density at radius 1 is 1.00 bits per heavy atom. The van der Waals surface area contributed by atoms with E-state index >= 15 is 0 Å². The molecule has 4 fully saturated rings.